The topological polar surface area (TPSA) is 187 Å². The van der Waals surface area contributed by atoms with Crippen molar-refractivity contribution in [2.45, 2.75) is 149 Å². The van der Waals surface area contributed by atoms with Gasteiger partial charge in [-0.15, -0.1) is 11.3 Å². The number of carbonyl (C=O) groups excluding carboxylic acids is 5. The van der Waals surface area contributed by atoms with E-state index < -0.39 is 40.9 Å². The lowest BCUT2D eigenvalue weighted by Crippen LogP contribution is -2.48. The van der Waals surface area contributed by atoms with Gasteiger partial charge in [0.25, 0.3) is 5.91 Å². The summed E-state index contributed by atoms with van der Waals surface area (Å²) in [5, 5.41) is 25.4. The van der Waals surface area contributed by atoms with E-state index in [9.17, 15) is 37.9 Å². The van der Waals surface area contributed by atoms with E-state index in [1.807, 2.05) is 86.6 Å². The first kappa shape index (κ1) is 60.9. The third-order valence-corrected chi connectivity index (χ3v) is 18.1. The lowest BCUT2D eigenvalue weighted by Gasteiger charge is -2.36. The number of piperazine rings is 1. The number of hydrogen-bond acceptors (Lipinski definition) is 12. The molecule has 17 heteroatoms. The van der Waals surface area contributed by atoms with Crippen molar-refractivity contribution in [3.8, 4) is 10.4 Å². The van der Waals surface area contributed by atoms with Crippen molar-refractivity contribution in [3.05, 3.63) is 124 Å². The van der Waals surface area contributed by atoms with Gasteiger partial charge in [0.2, 0.25) is 5.91 Å². The fourth-order valence-electron chi connectivity index (χ4n) is 12.3. The molecule has 2 amide bonds. The van der Waals surface area contributed by atoms with E-state index >= 15 is 0 Å². The maximum Gasteiger partial charge on any atom is 0.258 e. The van der Waals surface area contributed by atoms with Gasteiger partial charge in [0.1, 0.15) is 29.0 Å². The van der Waals surface area contributed by atoms with E-state index in [-0.39, 0.29) is 54.5 Å². The highest BCUT2D eigenvalue weighted by molar-refractivity contribution is 7.13. The molecule has 0 bridgehead atoms. The first-order valence-corrected chi connectivity index (χ1v) is 30.8. The van der Waals surface area contributed by atoms with Gasteiger partial charge in [-0.1, -0.05) is 83.2 Å². The Morgan fingerprint density at radius 1 is 0.783 bits per heavy atom. The molecule has 0 spiro atoms. The van der Waals surface area contributed by atoms with Crippen LogP contribution in [0.1, 0.15) is 150 Å². The van der Waals surface area contributed by atoms with Crippen LogP contribution in [0.5, 0.6) is 0 Å². The molecular weight excluding hydrogens is 1070 g/mol. The number of benzene rings is 4. The molecule has 4 heterocycles. The van der Waals surface area contributed by atoms with Crippen LogP contribution in [-0.2, 0) is 36.8 Å². The number of aliphatic hydroxyl groups excluding tert-OH is 1. The number of carbonyl (C=O) groups is 5. The Bertz CT molecular complexity index is 3190. The van der Waals surface area contributed by atoms with Crippen LogP contribution in [0.15, 0.2) is 84.4 Å². The smallest absolute Gasteiger partial charge is 0.258 e. The predicted octanol–water partition coefficient (Wildman–Crippen LogP) is 12.6. The van der Waals surface area contributed by atoms with Gasteiger partial charge in [0, 0.05) is 112 Å². The number of aromatic nitrogens is 3. The second-order valence-corrected chi connectivity index (χ2v) is 25.2. The average Bonchev–Trinajstić information content (AvgIpc) is 4.45. The highest BCUT2D eigenvalue weighted by atomic mass is 32.1. The fourth-order valence-corrected chi connectivity index (χ4v) is 13.1. The van der Waals surface area contributed by atoms with Crippen LogP contribution in [0.4, 0.5) is 26.0 Å². The highest BCUT2D eigenvalue weighted by Gasteiger charge is 2.46. The summed E-state index contributed by atoms with van der Waals surface area (Å²) in [7, 11) is 0. The number of anilines is 3. The lowest BCUT2D eigenvalue weighted by atomic mass is 9.70. The molecule has 2 aliphatic heterocycles. The minimum atomic E-state index is -0.712. The van der Waals surface area contributed by atoms with E-state index in [0.717, 1.165) is 96.8 Å². The summed E-state index contributed by atoms with van der Waals surface area (Å²) in [5.41, 5.74) is 8.62. The Kier molecular flexibility index (Phi) is 20.7. The number of fused-ring (bicyclic) bond motifs is 1. The van der Waals surface area contributed by atoms with Crippen molar-refractivity contribution in [1.82, 2.24) is 20.1 Å². The average molecular weight is 1150 g/mol. The Hall–Kier alpha value is -6.69. The number of unbranched alkanes of at least 4 members (excludes halogenated alkanes) is 6. The molecule has 2 saturated heterocycles. The third-order valence-electron chi connectivity index (χ3n) is 17.1. The lowest BCUT2D eigenvalue weighted by molar-refractivity contribution is -0.138. The number of aromatic amines is 1. The van der Waals surface area contributed by atoms with E-state index in [0.29, 0.717) is 105 Å². The summed E-state index contributed by atoms with van der Waals surface area (Å²) in [6, 6.07) is 23.1. The summed E-state index contributed by atoms with van der Waals surface area (Å²) in [4.78, 5) is 78.5. The minimum absolute atomic E-state index is 0.00471. The van der Waals surface area contributed by atoms with Crippen LogP contribution in [0, 0.1) is 41.7 Å². The molecule has 442 valence electrons. The quantitative estimate of drug-likeness (QED) is 0.0379. The summed E-state index contributed by atoms with van der Waals surface area (Å²) in [6.07, 6.45) is 10.1. The number of halogens is 2. The van der Waals surface area contributed by atoms with Crippen molar-refractivity contribution in [3.63, 3.8) is 0 Å². The minimum Gasteiger partial charge on any atom is -0.393 e. The van der Waals surface area contributed by atoms with Gasteiger partial charge in [-0.25, -0.2) is 13.8 Å². The van der Waals surface area contributed by atoms with Crippen LogP contribution in [0.3, 0.4) is 0 Å². The molecule has 4 N–H and O–H groups in total. The first-order chi connectivity index (χ1) is 39.9. The van der Waals surface area contributed by atoms with E-state index in [2.05, 4.69) is 42.8 Å². The number of ether oxygens (including phenoxy) is 1. The van der Waals surface area contributed by atoms with E-state index in [4.69, 9.17) is 4.74 Å². The monoisotopic (exact) mass is 1150 g/mol. The Morgan fingerprint density at radius 3 is 2.14 bits per heavy atom. The number of rotatable bonds is 26. The SMILES string of the molecule is Cc1ncsc1-c1ccc(CCC(=O)[C@@H]2C[C@@H](O)CC2C(=O)[C@@H](CC(=O)CCCCCCCCCC(=O)N2CCN(c3ccc(C(=O)Nc4n[nH]c5ccc(Cc6cc(F)cc(F)c6)cc45)c(NC4CCOCC4)c3)CC2)C(C)(C)C)cc1. The number of ketones is 3. The fraction of sp³-hybridized carbons (Fsp3) is 0.500. The molecule has 2 aromatic heterocycles. The number of nitrogens with one attached hydrogen (secondary N) is 3. The summed E-state index contributed by atoms with van der Waals surface area (Å²) in [5.74, 6) is -2.74. The van der Waals surface area contributed by atoms with Crippen LogP contribution in [-0.4, -0.2) is 106 Å². The van der Waals surface area contributed by atoms with E-state index in [1.165, 1.54) is 12.1 Å². The van der Waals surface area contributed by atoms with Crippen LogP contribution in [0.25, 0.3) is 21.3 Å². The van der Waals surface area contributed by atoms with Crippen LogP contribution >= 0.6 is 11.3 Å². The van der Waals surface area contributed by atoms with Crippen molar-refractivity contribution in [2.75, 3.05) is 54.9 Å². The summed E-state index contributed by atoms with van der Waals surface area (Å²) >= 11 is 1.60. The number of Topliss-reactive ketones (excluding diaryl/α,β-unsaturated/α-hetero) is 3. The first-order valence-electron chi connectivity index (χ1n) is 30.0. The molecule has 83 heavy (non-hydrogen) atoms. The van der Waals surface area contributed by atoms with E-state index in [1.54, 1.807) is 11.3 Å². The number of hydrogen-bond donors (Lipinski definition) is 4. The normalized spacial score (nSPS) is 18.1. The van der Waals surface area contributed by atoms with Gasteiger partial charge in [-0.2, -0.15) is 5.10 Å². The Balaban J connectivity index is 0.678. The van der Waals surface area contributed by atoms with Crippen LogP contribution < -0.4 is 15.5 Å². The molecule has 1 aliphatic carbocycles. The highest BCUT2D eigenvalue weighted by Crippen LogP contribution is 2.41. The number of H-pyrrole nitrogens is 1. The molecule has 3 aliphatic rings. The molecule has 1 saturated carbocycles. The maximum atomic E-state index is 14.3. The van der Waals surface area contributed by atoms with Gasteiger partial charge in [-0.05, 0) is 128 Å². The molecule has 1 unspecified atom stereocenters. The van der Waals surface area contributed by atoms with Gasteiger partial charge in [0.15, 0.2) is 5.82 Å². The Morgan fingerprint density at radius 2 is 1.46 bits per heavy atom. The second kappa shape index (κ2) is 28.3. The number of amides is 2. The number of thiazole rings is 1. The van der Waals surface area contributed by atoms with Gasteiger partial charge < -0.3 is 30.3 Å². The van der Waals surface area contributed by atoms with Gasteiger partial charge in [0.05, 0.1) is 33.3 Å². The van der Waals surface area contributed by atoms with Crippen molar-refractivity contribution in [1.29, 1.82) is 0 Å². The zero-order valence-corrected chi connectivity index (χ0v) is 49.4. The summed E-state index contributed by atoms with van der Waals surface area (Å²) < 4.78 is 33.5. The molecule has 0 radical (unpaired) electrons. The van der Waals surface area contributed by atoms with Crippen molar-refractivity contribution in [2.24, 2.45) is 23.2 Å². The third kappa shape index (κ3) is 16.4. The van der Waals surface area contributed by atoms with Gasteiger partial charge >= 0.3 is 0 Å². The maximum absolute atomic E-state index is 14.3. The standard InChI is InChI=1S/C66H81F2N7O7S/c1-42-63(83-41-69-42)46-18-14-43(15-19-46)17-23-60(78)54-38-52(77)39-55(54)62(80)57(66(2,3)4)40-51(76)12-10-8-6-5-7-9-11-13-61(79)75-28-26-74(27-29-75)50-20-21-53(59(37-50)70-49-24-30-82-31-25-49)65(81)71-64-56-35-44(16-22-58(56)72-73-64)32-45-33-47(67)36-48(68)34-45/h14-16,18-22,33-37,41,49,52,54-55,57,70,77H,5-13,17,23-32,38-40H2,1-4H3,(H2,71,72,73,81)/t52-,54-,55?,57-/m1/s1. The molecule has 3 fully saturated rings. The largest absolute Gasteiger partial charge is 0.393 e. The molecule has 9 rings (SSSR count). The molecule has 6 aromatic rings. The second-order valence-electron chi connectivity index (χ2n) is 24.3. The molecule has 14 nitrogen and oxygen atoms in total. The number of nitrogens with zero attached hydrogens (tertiary/aromatic N) is 4. The summed E-state index contributed by atoms with van der Waals surface area (Å²) in [6.45, 7) is 11.7. The number of aliphatic hydroxyl groups is 1. The van der Waals surface area contributed by atoms with Crippen LogP contribution in [0.2, 0.25) is 0 Å². The predicted molar refractivity (Wildman–Crippen MR) is 323 cm³/mol. The van der Waals surface area contributed by atoms with Gasteiger partial charge in [-0.3, -0.25) is 29.1 Å². The molecular formula is C66H81F2N7O7S. The van der Waals surface area contributed by atoms with Crippen molar-refractivity contribution < 1.29 is 42.6 Å². The zero-order chi connectivity index (χ0) is 58.6. The van der Waals surface area contributed by atoms with Crippen molar-refractivity contribution >= 4 is 68.6 Å². The molecule has 4 aromatic carbocycles. The molecule has 4 atom stereocenters. The zero-order valence-electron chi connectivity index (χ0n) is 48.6. The number of aryl methyl sites for hydroxylation is 2. The Labute approximate surface area is 490 Å².